The molecule has 146 valence electrons. The highest BCUT2D eigenvalue weighted by atomic mass is 16.1. The highest BCUT2D eigenvalue weighted by molar-refractivity contribution is 5.85. The first-order chi connectivity index (χ1) is 13.4. The van der Waals surface area contributed by atoms with Crippen LogP contribution in [-0.4, -0.2) is 28.9 Å². The van der Waals surface area contributed by atoms with E-state index in [1.54, 1.807) is 0 Å². The number of benzene rings is 2. The molecular weight excluding hydrogens is 346 g/mol. The number of rotatable bonds is 5. The predicted molar refractivity (Wildman–Crippen MR) is 114 cm³/mol. The van der Waals surface area contributed by atoms with Crippen molar-refractivity contribution in [1.29, 1.82) is 0 Å². The van der Waals surface area contributed by atoms with Crippen molar-refractivity contribution in [2.24, 2.45) is 5.73 Å². The number of nitrogens with zero attached hydrogens (tertiary/aromatic N) is 1. The normalized spacial score (nSPS) is 16.5. The summed E-state index contributed by atoms with van der Waals surface area (Å²) in [5.74, 6) is 0.263. The smallest absolute Gasteiger partial charge is 0.227 e. The van der Waals surface area contributed by atoms with Crippen molar-refractivity contribution in [3.8, 4) is 0 Å². The Morgan fingerprint density at radius 2 is 1.89 bits per heavy atom. The van der Waals surface area contributed by atoms with Crippen molar-refractivity contribution < 1.29 is 4.79 Å². The van der Waals surface area contributed by atoms with Crippen molar-refractivity contribution in [3.63, 3.8) is 0 Å². The minimum atomic E-state index is -0.633. The van der Waals surface area contributed by atoms with E-state index in [4.69, 9.17) is 5.73 Å². The van der Waals surface area contributed by atoms with E-state index in [-0.39, 0.29) is 5.91 Å². The second-order valence-corrected chi connectivity index (χ2v) is 8.52. The number of amides is 1. The summed E-state index contributed by atoms with van der Waals surface area (Å²) in [6.45, 7) is 6.96. The van der Waals surface area contributed by atoms with Gasteiger partial charge in [-0.1, -0.05) is 42.5 Å². The number of carbonyl (C=O) groups excluding carboxylic acids is 1. The summed E-state index contributed by atoms with van der Waals surface area (Å²) in [6.07, 6.45) is 4.29. The van der Waals surface area contributed by atoms with Crippen LogP contribution in [-0.2, 0) is 16.8 Å². The molecule has 1 aliphatic rings. The molecule has 3 N–H and O–H groups in total. The molecular formula is C24H29N3O. The summed E-state index contributed by atoms with van der Waals surface area (Å²) in [6, 6.07) is 17.1. The predicted octanol–water partition coefficient (Wildman–Crippen LogP) is 4.31. The number of nitrogens with two attached hydrogens (primary N) is 1. The van der Waals surface area contributed by atoms with Crippen LogP contribution in [0, 0.1) is 0 Å². The van der Waals surface area contributed by atoms with Gasteiger partial charge in [-0.3, -0.25) is 9.69 Å². The lowest BCUT2D eigenvalue weighted by Crippen LogP contribution is -2.35. The Bertz CT molecular complexity index is 980. The number of aromatic amines is 1. The zero-order valence-corrected chi connectivity index (χ0v) is 16.7. The molecule has 1 amide bonds. The molecule has 3 aromatic rings. The number of likely N-dealkylation sites (tertiary alicyclic amines) is 1. The number of nitrogens with one attached hydrogen (secondary N) is 1. The van der Waals surface area contributed by atoms with Crippen LogP contribution in [0.25, 0.3) is 10.9 Å². The van der Waals surface area contributed by atoms with Gasteiger partial charge in [0.1, 0.15) is 0 Å². The van der Waals surface area contributed by atoms with Gasteiger partial charge in [0.2, 0.25) is 5.91 Å². The van der Waals surface area contributed by atoms with Gasteiger partial charge in [0, 0.05) is 18.3 Å². The number of hydrogen-bond acceptors (Lipinski definition) is 2. The SMILES string of the molecule is CC(C)(C(N)=O)c1cccc(C2CCN(Cc3cccc4cc[nH]c34)CC2)c1. The summed E-state index contributed by atoms with van der Waals surface area (Å²) < 4.78 is 0. The quantitative estimate of drug-likeness (QED) is 0.698. The first-order valence-corrected chi connectivity index (χ1v) is 10.1. The molecule has 2 heterocycles. The fourth-order valence-corrected chi connectivity index (χ4v) is 4.27. The molecule has 28 heavy (non-hydrogen) atoms. The summed E-state index contributed by atoms with van der Waals surface area (Å²) in [5, 5.41) is 1.28. The molecule has 4 rings (SSSR count). The minimum Gasteiger partial charge on any atom is -0.369 e. The maximum atomic E-state index is 11.8. The summed E-state index contributed by atoms with van der Waals surface area (Å²) in [4.78, 5) is 17.7. The highest BCUT2D eigenvalue weighted by Crippen LogP contribution is 2.32. The van der Waals surface area contributed by atoms with Crippen LogP contribution >= 0.6 is 0 Å². The first kappa shape index (κ1) is 18.8. The molecule has 2 aromatic carbocycles. The lowest BCUT2D eigenvalue weighted by molar-refractivity contribution is -0.122. The number of para-hydroxylation sites is 1. The van der Waals surface area contributed by atoms with Crippen LogP contribution in [0.2, 0.25) is 0 Å². The number of H-pyrrole nitrogens is 1. The van der Waals surface area contributed by atoms with Crippen molar-refractivity contribution >= 4 is 16.8 Å². The Morgan fingerprint density at radius 1 is 1.14 bits per heavy atom. The van der Waals surface area contributed by atoms with Gasteiger partial charge in [-0.15, -0.1) is 0 Å². The summed E-state index contributed by atoms with van der Waals surface area (Å²) >= 11 is 0. The van der Waals surface area contributed by atoms with Gasteiger partial charge in [0.25, 0.3) is 0 Å². The van der Waals surface area contributed by atoms with Gasteiger partial charge in [-0.2, -0.15) is 0 Å². The third-order valence-corrected chi connectivity index (χ3v) is 6.35. The second-order valence-electron chi connectivity index (χ2n) is 8.52. The van der Waals surface area contributed by atoms with Crippen LogP contribution in [0.3, 0.4) is 0 Å². The van der Waals surface area contributed by atoms with E-state index in [2.05, 4.69) is 52.3 Å². The molecule has 4 nitrogen and oxygen atoms in total. The van der Waals surface area contributed by atoms with Crippen molar-refractivity contribution in [2.75, 3.05) is 13.1 Å². The van der Waals surface area contributed by atoms with E-state index in [1.807, 2.05) is 26.1 Å². The maximum absolute atomic E-state index is 11.8. The molecule has 0 bridgehead atoms. The van der Waals surface area contributed by atoms with Crippen LogP contribution in [0.15, 0.2) is 54.7 Å². The largest absolute Gasteiger partial charge is 0.369 e. The molecule has 0 saturated carbocycles. The molecule has 0 spiro atoms. The third kappa shape index (κ3) is 3.57. The van der Waals surface area contributed by atoms with Crippen molar-refractivity contribution in [1.82, 2.24) is 9.88 Å². The minimum absolute atomic E-state index is 0.280. The molecule has 0 atom stereocenters. The van der Waals surface area contributed by atoms with Gasteiger partial charge in [0.05, 0.1) is 5.41 Å². The summed E-state index contributed by atoms with van der Waals surface area (Å²) in [7, 11) is 0. The maximum Gasteiger partial charge on any atom is 0.227 e. The molecule has 1 aromatic heterocycles. The summed E-state index contributed by atoms with van der Waals surface area (Å²) in [5.41, 5.74) is 9.94. The van der Waals surface area contributed by atoms with E-state index < -0.39 is 5.41 Å². The standard InChI is InChI=1S/C24H29N3O/c1-24(2,23(25)28)21-8-4-6-19(15-21)17-10-13-27(14-11-17)16-20-7-3-5-18-9-12-26-22(18)20/h3-9,12,15,17,26H,10-11,13-14,16H2,1-2H3,(H2,25,28). The van der Waals surface area contributed by atoms with E-state index in [0.29, 0.717) is 5.92 Å². The Morgan fingerprint density at radius 3 is 2.64 bits per heavy atom. The zero-order valence-electron chi connectivity index (χ0n) is 16.7. The van der Waals surface area contributed by atoms with E-state index in [1.165, 1.54) is 22.0 Å². The molecule has 1 saturated heterocycles. The molecule has 1 aliphatic heterocycles. The van der Waals surface area contributed by atoms with Crippen LogP contribution in [0.5, 0.6) is 0 Å². The Balaban J connectivity index is 1.43. The number of carbonyl (C=O) groups is 1. The molecule has 0 unspecified atom stereocenters. The van der Waals surface area contributed by atoms with Gasteiger partial charge in [0.15, 0.2) is 0 Å². The topological polar surface area (TPSA) is 62.1 Å². The third-order valence-electron chi connectivity index (χ3n) is 6.35. The van der Waals surface area contributed by atoms with E-state index in [0.717, 1.165) is 38.0 Å². The zero-order chi connectivity index (χ0) is 19.7. The van der Waals surface area contributed by atoms with E-state index in [9.17, 15) is 4.79 Å². The average molecular weight is 376 g/mol. The molecule has 0 aliphatic carbocycles. The van der Waals surface area contributed by atoms with Gasteiger partial charge in [-0.05, 0) is 73.8 Å². The number of primary amides is 1. The van der Waals surface area contributed by atoms with Crippen molar-refractivity contribution in [2.45, 2.75) is 44.6 Å². The molecule has 4 heteroatoms. The number of piperidine rings is 1. The van der Waals surface area contributed by atoms with Gasteiger partial charge in [-0.25, -0.2) is 0 Å². The average Bonchev–Trinajstić information content (AvgIpc) is 3.18. The molecule has 1 fully saturated rings. The first-order valence-electron chi connectivity index (χ1n) is 10.1. The lowest BCUT2D eigenvalue weighted by atomic mass is 9.80. The fraction of sp³-hybridized carbons (Fsp3) is 0.375. The van der Waals surface area contributed by atoms with Crippen molar-refractivity contribution in [3.05, 3.63) is 71.4 Å². The number of hydrogen-bond donors (Lipinski definition) is 2. The Labute approximate surface area is 166 Å². The lowest BCUT2D eigenvalue weighted by Gasteiger charge is -2.33. The number of fused-ring (bicyclic) bond motifs is 1. The van der Waals surface area contributed by atoms with Crippen LogP contribution in [0.4, 0.5) is 0 Å². The molecule has 0 radical (unpaired) electrons. The second kappa shape index (κ2) is 7.44. The van der Waals surface area contributed by atoms with Gasteiger partial charge < -0.3 is 10.7 Å². The fourth-order valence-electron chi connectivity index (χ4n) is 4.27. The highest BCUT2D eigenvalue weighted by Gasteiger charge is 2.28. The Kier molecular flexibility index (Phi) is 4.98. The number of aromatic nitrogens is 1. The van der Waals surface area contributed by atoms with Crippen LogP contribution < -0.4 is 5.73 Å². The monoisotopic (exact) mass is 375 g/mol. The van der Waals surface area contributed by atoms with Gasteiger partial charge >= 0.3 is 0 Å². The Hall–Kier alpha value is -2.59. The van der Waals surface area contributed by atoms with Crippen LogP contribution in [0.1, 0.15) is 49.3 Å². The van der Waals surface area contributed by atoms with E-state index >= 15 is 0 Å².